The molecule has 1 atom stereocenters. The summed E-state index contributed by atoms with van der Waals surface area (Å²) in [6.07, 6.45) is 4.33. The first-order valence-electron chi connectivity index (χ1n) is 10.6. The van der Waals surface area contributed by atoms with Crippen LogP contribution in [0.25, 0.3) is 6.08 Å². The summed E-state index contributed by atoms with van der Waals surface area (Å²) in [5.41, 5.74) is 2.75. The zero-order valence-electron chi connectivity index (χ0n) is 18.8. The van der Waals surface area contributed by atoms with Gasteiger partial charge in [-0.1, -0.05) is 42.0 Å². The first kappa shape index (κ1) is 22.7. The molecule has 1 N–H and O–H groups in total. The molecule has 0 radical (unpaired) electrons. The Hall–Kier alpha value is -2.99. The van der Waals surface area contributed by atoms with Crippen LogP contribution in [0.5, 0.6) is 17.2 Å². The summed E-state index contributed by atoms with van der Waals surface area (Å²) >= 11 is 0. The normalized spacial score (nSPS) is 16.1. The SMILES string of the molecule is COc1cc(C(=O)N(C/C(C)=C/c2ccccc2)CC2CCCN2)cc(OC)c1OC. The molecule has 6 nitrogen and oxygen atoms in total. The monoisotopic (exact) mass is 424 g/mol. The molecular formula is C25H32N2O4. The molecule has 1 heterocycles. The smallest absolute Gasteiger partial charge is 0.254 e. The average Bonchev–Trinajstić information content (AvgIpc) is 3.30. The van der Waals surface area contributed by atoms with Crippen molar-refractivity contribution in [1.82, 2.24) is 10.2 Å². The minimum atomic E-state index is -0.0613. The first-order chi connectivity index (χ1) is 15.0. The van der Waals surface area contributed by atoms with Gasteiger partial charge in [-0.05, 0) is 44.0 Å². The standard InChI is InChI=1S/C25H32N2O4/c1-18(13-19-9-6-5-7-10-19)16-27(17-21-11-8-12-26-21)25(28)20-14-22(29-2)24(31-4)23(15-20)30-3/h5-7,9-10,13-15,21,26H,8,11-12,16-17H2,1-4H3/b18-13+. The van der Waals surface area contributed by atoms with Gasteiger partial charge in [-0.2, -0.15) is 0 Å². The Morgan fingerprint density at radius 2 is 1.77 bits per heavy atom. The predicted molar refractivity (Wildman–Crippen MR) is 123 cm³/mol. The molecule has 0 bridgehead atoms. The van der Waals surface area contributed by atoms with Gasteiger partial charge in [-0.25, -0.2) is 0 Å². The number of nitrogens with one attached hydrogen (secondary N) is 1. The van der Waals surface area contributed by atoms with Crippen molar-refractivity contribution >= 4 is 12.0 Å². The molecule has 2 aromatic rings. The highest BCUT2D eigenvalue weighted by molar-refractivity contribution is 5.96. The van der Waals surface area contributed by atoms with Gasteiger partial charge in [0.1, 0.15) is 0 Å². The number of carbonyl (C=O) groups is 1. The van der Waals surface area contributed by atoms with Gasteiger partial charge in [0.2, 0.25) is 5.75 Å². The molecule has 1 aliphatic heterocycles. The van der Waals surface area contributed by atoms with Crippen molar-refractivity contribution in [3.05, 3.63) is 59.2 Å². The third kappa shape index (κ3) is 5.79. The fourth-order valence-electron chi connectivity index (χ4n) is 3.97. The Bertz CT molecular complexity index is 880. The van der Waals surface area contributed by atoms with E-state index in [0.29, 0.717) is 41.9 Å². The van der Waals surface area contributed by atoms with Gasteiger partial charge in [-0.3, -0.25) is 4.79 Å². The lowest BCUT2D eigenvalue weighted by molar-refractivity contribution is 0.0756. The van der Waals surface area contributed by atoms with Crippen molar-refractivity contribution in [2.45, 2.75) is 25.8 Å². The van der Waals surface area contributed by atoms with Crippen LogP contribution in [-0.2, 0) is 0 Å². The largest absolute Gasteiger partial charge is 0.493 e. The number of amides is 1. The van der Waals surface area contributed by atoms with Gasteiger partial charge >= 0.3 is 0 Å². The maximum absolute atomic E-state index is 13.6. The summed E-state index contributed by atoms with van der Waals surface area (Å²) in [5, 5.41) is 3.50. The lowest BCUT2D eigenvalue weighted by Crippen LogP contribution is -2.42. The summed E-state index contributed by atoms with van der Waals surface area (Å²) in [5.74, 6) is 1.36. The van der Waals surface area contributed by atoms with Gasteiger partial charge in [0.05, 0.1) is 21.3 Å². The molecule has 166 valence electrons. The minimum Gasteiger partial charge on any atom is -0.493 e. The van der Waals surface area contributed by atoms with Crippen molar-refractivity contribution in [2.24, 2.45) is 0 Å². The average molecular weight is 425 g/mol. The second-order valence-electron chi connectivity index (χ2n) is 7.79. The highest BCUT2D eigenvalue weighted by Gasteiger charge is 2.25. The maximum Gasteiger partial charge on any atom is 0.254 e. The Labute approximate surface area is 184 Å². The third-order valence-corrected chi connectivity index (χ3v) is 5.45. The van der Waals surface area contributed by atoms with E-state index < -0.39 is 0 Å². The fourth-order valence-corrected chi connectivity index (χ4v) is 3.97. The van der Waals surface area contributed by atoms with Crippen molar-refractivity contribution < 1.29 is 19.0 Å². The van der Waals surface area contributed by atoms with E-state index in [2.05, 4.69) is 30.4 Å². The van der Waals surface area contributed by atoms with E-state index in [4.69, 9.17) is 14.2 Å². The Morgan fingerprint density at radius 1 is 1.10 bits per heavy atom. The zero-order chi connectivity index (χ0) is 22.2. The number of methoxy groups -OCH3 is 3. The number of nitrogens with zero attached hydrogens (tertiary/aromatic N) is 1. The van der Waals surface area contributed by atoms with Crippen LogP contribution in [0.4, 0.5) is 0 Å². The highest BCUT2D eigenvalue weighted by Crippen LogP contribution is 2.38. The van der Waals surface area contributed by atoms with Gasteiger partial charge in [0.25, 0.3) is 5.91 Å². The second kappa shape index (κ2) is 10.9. The van der Waals surface area contributed by atoms with Gasteiger partial charge < -0.3 is 24.4 Å². The summed E-state index contributed by atoms with van der Waals surface area (Å²) in [7, 11) is 4.66. The number of carbonyl (C=O) groups excluding carboxylic acids is 1. The number of rotatable bonds is 9. The van der Waals surface area contributed by atoms with Crippen LogP contribution in [-0.4, -0.2) is 57.8 Å². The molecule has 1 unspecified atom stereocenters. The molecular weight excluding hydrogens is 392 g/mol. The van der Waals surface area contributed by atoms with E-state index in [0.717, 1.165) is 30.5 Å². The number of hydrogen-bond acceptors (Lipinski definition) is 5. The summed E-state index contributed by atoms with van der Waals surface area (Å²) in [6.45, 7) is 4.25. The van der Waals surface area contributed by atoms with E-state index >= 15 is 0 Å². The second-order valence-corrected chi connectivity index (χ2v) is 7.79. The van der Waals surface area contributed by atoms with E-state index in [1.54, 1.807) is 33.5 Å². The van der Waals surface area contributed by atoms with Crippen molar-refractivity contribution in [1.29, 1.82) is 0 Å². The summed E-state index contributed by atoms with van der Waals surface area (Å²) in [4.78, 5) is 15.5. The lowest BCUT2D eigenvalue weighted by Gasteiger charge is -2.27. The molecule has 1 saturated heterocycles. The van der Waals surface area contributed by atoms with E-state index in [9.17, 15) is 4.79 Å². The number of ether oxygens (including phenoxy) is 3. The van der Waals surface area contributed by atoms with Crippen LogP contribution in [0.2, 0.25) is 0 Å². The van der Waals surface area contributed by atoms with E-state index in [1.807, 2.05) is 23.1 Å². The molecule has 0 aromatic heterocycles. The predicted octanol–water partition coefficient (Wildman–Crippen LogP) is 4.01. The van der Waals surface area contributed by atoms with Gasteiger partial charge in [-0.15, -0.1) is 0 Å². The Morgan fingerprint density at radius 3 is 2.32 bits per heavy atom. The van der Waals surface area contributed by atoms with Crippen molar-refractivity contribution in [3.8, 4) is 17.2 Å². The molecule has 0 spiro atoms. The van der Waals surface area contributed by atoms with Crippen LogP contribution < -0.4 is 19.5 Å². The molecule has 2 aromatic carbocycles. The highest BCUT2D eigenvalue weighted by atomic mass is 16.5. The molecule has 1 aliphatic rings. The Kier molecular flexibility index (Phi) is 7.95. The quantitative estimate of drug-likeness (QED) is 0.659. The van der Waals surface area contributed by atoms with E-state index in [1.165, 1.54) is 0 Å². The van der Waals surface area contributed by atoms with Crippen molar-refractivity contribution in [3.63, 3.8) is 0 Å². The minimum absolute atomic E-state index is 0.0613. The molecule has 0 saturated carbocycles. The Balaban J connectivity index is 1.89. The zero-order valence-corrected chi connectivity index (χ0v) is 18.8. The summed E-state index contributed by atoms with van der Waals surface area (Å²) < 4.78 is 16.3. The molecule has 1 amide bonds. The van der Waals surface area contributed by atoms with Crippen LogP contribution in [0, 0.1) is 0 Å². The number of hydrogen-bond donors (Lipinski definition) is 1. The van der Waals surface area contributed by atoms with E-state index in [-0.39, 0.29) is 5.91 Å². The third-order valence-electron chi connectivity index (χ3n) is 5.45. The van der Waals surface area contributed by atoms with Crippen LogP contribution >= 0.6 is 0 Å². The van der Waals surface area contributed by atoms with Crippen LogP contribution in [0.15, 0.2) is 48.0 Å². The van der Waals surface area contributed by atoms with Crippen LogP contribution in [0.1, 0.15) is 35.7 Å². The number of benzene rings is 2. The molecule has 0 aliphatic carbocycles. The molecule has 3 rings (SSSR count). The first-order valence-corrected chi connectivity index (χ1v) is 10.6. The van der Waals surface area contributed by atoms with Crippen molar-refractivity contribution in [2.75, 3.05) is 41.0 Å². The van der Waals surface area contributed by atoms with Crippen LogP contribution in [0.3, 0.4) is 0 Å². The topological polar surface area (TPSA) is 60.0 Å². The summed E-state index contributed by atoms with van der Waals surface area (Å²) in [6, 6.07) is 13.9. The fraction of sp³-hybridized carbons (Fsp3) is 0.400. The lowest BCUT2D eigenvalue weighted by atomic mass is 10.1. The maximum atomic E-state index is 13.6. The molecule has 6 heteroatoms. The van der Waals surface area contributed by atoms with Gasteiger partial charge in [0, 0.05) is 24.7 Å². The molecule has 1 fully saturated rings. The molecule has 31 heavy (non-hydrogen) atoms. The van der Waals surface area contributed by atoms with Gasteiger partial charge in [0.15, 0.2) is 11.5 Å².